The van der Waals surface area contributed by atoms with Crippen molar-refractivity contribution in [1.82, 2.24) is 15.3 Å². The molecule has 0 unspecified atom stereocenters. The van der Waals surface area contributed by atoms with Crippen LogP contribution >= 0.6 is 0 Å². The molecule has 0 spiro atoms. The molecule has 1 amide bonds. The second kappa shape index (κ2) is 9.15. The van der Waals surface area contributed by atoms with Crippen molar-refractivity contribution in [3.63, 3.8) is 0 Å². The standard InChI is InChI=1S/C26H22FIN3O2/c1-26(27)16-33-15-24-21(26)10-20(14-29-24)25(32)30-13-17-9-23-19(12-28-11-17)7-8-22(31-23)18-5-3-2-4-6-18/h2-12,14H,13,15-16H2,1H3,(H,30,32)/q-1/t26-/m1/s1. The third kappa shape index (κ3) is 4.74. The molecule has 5 rings (SSSR count). The second-order valence-electron chi connectivity index (χ2n) is 8.19. The number of hydrogen-bond acceptors (Lipinski definition) is 4. The number of halogens is 2. The number of nitrogens with one attached hydrogen (secondary N) is 1. The number of pyridine rings is 2. The summed E-state index contributed by atoms with van der Waals surface area (Å²) in [6.45, 7) is 2.05. The van der Waals surface area contributed by atoms with Gasteiger partial charge in [-0.3, -0.25) is 0 Å². The number of carbonyl (C=O) groups excluding carboxylic acids is 1. The average Bonchev–Trinajstić information content (AvgIpc) is 3.04. The topological polar surface area (TPSA) is 64.1 Å². The quantitative estimate of drug-likeness (QED) is 0.454. The number of carbonyl (C=O) groups is 1. The molecule has 168 valence electrons. The van der Waals surface area contributed by atoms with Crippen LogP contribution in [0.15, 0.2) is 64.4 Å². The Balaban J connectivity index is 1.35. The summed E-state index contributed by atoms with van der Waals surface area (Å²) in [5.74, 6) is -0.278. The van der Waals surface area contributed by atoms with Crippen molar-refractivity contribution < 1.29 is 35.1 Å². The van der Waals surface area contributed by atoms with Crippen molar-refractivity contribution in [3.8, 4) is 11.3 Å². The van der Waals surface area contributed by atoms with Crippen molar-refractivity contribution in [2.45, 2.75) is 19.2 Å². The molecule has 33 heavy (non-hydrogen) atoms. The van der Waals surface area contributed by atoms with Gasteiger partial charge >= 0.3 is 202 Å². The SMILES string of the molecule is C[C@@]1(F)COCc2ncc(C(=O)NCC3=C[I-]C=c4ccc(-c5ccccc5)nc4=C3)cc21. The van der Waals surface area contributed by atoms with Crippen LogP contribution in [-0.4, -0.2) is 29.0 Å². The number of ether oxygens (including phenoxy) is 1. The molecule has 0 radical (unpaired) electrons. The summed E-state index contributed by atoms with van der Waals surface area (Å²) in [7, 11) is 0. The summed E-state index contributed by atoms with van der Waals surface area (Å²) in [5, 5.41) is 4.97. The van der Waals surface area contributed by atoms with Crippen molar-refractivity contribution in [2.75, 3.05) is 13.2 Å². The van der Waals surface area contributed by atoms with Gasteiger partial charge in [0.05, 0.1) is 0 Å². The predicted molar refractivity (Wildman–Crippen MR) is 121 cm³/mol. The van der Waals surface area contributed by atoms with E-state index in [0.717, 1.165) is 27.4 Å². The first kappa shape index (κ1) is 21.9. The van der Waals surface area contributed by atoms with Gasteiger partial charge in [0.2, 0.25) is 0 Å². The summed E-state index contributed by atoms with van der Waals surface area (Å²) in [6.07, 6.45) is 3.51. The molecule has 5 nitrogen and oxygen atoms in total. The first-order chi connectivity index (χ1) is 16.0. The zero-order chi connectivity index (χ0) is 22.8. The summed E-state index contributed by atoms with van der Waals surface area (Å²) >= 11 is -0.300. The van der Waals surface area contributed by atoms with Crippen molar-refractivity contribution in [1.29, 1.82) is 0 Å². The van der Waals surface area contributed by atoms with Gasteiger partial charge in [0.25, 0.3) is 0 Å². The zero-order valence-corrected chi connectivity index (χ0v) is 20.2. The molecule has 2 aliphatic rings. The molecule has 1 N–H and O–H groups in total. The molecule has 1 aromatic carbocycles. The summed E-state index contributed by atoms with van der Waals surface area (Å²) in [6, 6.07) is 15.8. The van der Waals surface area contributed by atoms with Gasteiger partial charge in [-0.05, 0) is 0 Å². The van der Waals surface area contributed by atoms with Crippen molar-refractivity contribution >= 4 is 16.1 Å². The van der Waals surface area contributed by atoms with E-state index in [-0.39, 0.29) is 40.3 Å². The van der Waals surface area contributed by atoms with Crippen LogP contribution in [-0.2, 0) is 17.0 Å². The van der Waals surface area contributed by atoms with Crippen LogP contribution in [0.2, 0.25) is 0 Å². The molecule has 7 heteroatoms. The molecular weight excluding hydrogens is 532 g/mol. The molecule has 4 heterocycles. The first-order valence-electron chi connectivity index (χ1n) is 10.6. The molecule has 0 fully saturated rings. The van der Waals surface area contributed by atoms with Crippen LogP contribution in [0, 0.1) is 0 Å². The van der Waals surface area contributed by atoms with E-state index < -0.39 is 5.67 Å². The fourth-order valence-corrected chi connectivity index (χ4v) is 5.78. The van der Waals surface area contributed by atoms with E-state index in [9.17, 15) is 9.18 Å². The Morgan fingerprint density at radius 2 is 2.06 bits per heavy atom. The Bertz CT molecular complexity index is 1370. The monoisotopic (exact) mass is 554 g/mol. The van der Waals surface area contributed by atoms with Gasteiger partial charge in [-0.25, -0.2) is 0 Å². The number of nitrogens with zero attached hydrogens (tertiary/aromatic N) is 2. The molecule has 0 saturated carbocycles. The molecule has 3 aromatic rings. The fourth-order valence-electron chi connectivity index (χ4n) is 3.83. The number of fused-ring (bicyclic) bond motifs is 2. The van der Waals surface area contributed by atoms with Gasteiger partial charge in [-0.15, -0.1) is 0 Å². The van der Waals surface area contributed by atoms with E-state index in [1.54, 1.807) is 6.07 Å². The Morgan fingerprint density at radius 3 is 2.91 bits per heavy atom. The Kier molecular flexibility index (Phi) is 6.07. The number of aromatic nitrogens is 2. The van der Waals surface area contributed by atoms with E-state index in [0.29, 0.717) is 23.4 Å². The number of amides is 1. The van der Waals surface area contributed by atoms with Crippen molar-refractivity contribution in [2.24, 2.45) is 0 Å². The number of rotatable bonds is 4. The number of alkyl halides is 1. The zero-order valence-electron chi connectivity index (χ0n) is 18.0. The number of hydrogen-bond donors (Lipinski definition) is 1. The van der Waals surface area contributed by atoms with E-state index >= 15 is 0 Å². The van der Waals surface area contributed by atoms with Gasteiger partial charge in [0.1, 0.15) is 0 Å². The Labute approximate surface area is 201 Å². The van der Waals surface area contributed by atoms with E-state index in [1.807, 2.05) is 42.5 Å². The maximum absolute atomic E-state index is 14.8. The van der Waals surface area contributed by atoms with Gasteiger partial charge in [-0.1, -0.05) is 0 Å². The minimum atomic E-state index is -1.65. The Morgan fingerprint density at radius 1 is 1.21 bits per heavy atom. The third-order valence-corrected chi connectivity index (χ3v) is 7.78. The van der Waals surface area contributed by atoms with Crippen LogP contribution in [0.1, 0.15) is 28.5 Å². The fraction of sp³-hybridized carbons (Fsp3) is 0.192. The predicted octanol–water partition coefficient (Wildman–Crippen LogP) is -0.206. The average molecular weight is 554 g/mol. The molecule has 1 atom stereocenters. The van der Waals surface area contributed by atoms with Crippen LogP contribution in [0.4, 0.5) is 4.39 Å². The second-order valence-corrected chi connectivity index (χ2v) is 10.2. The van der Waals surface area contributed by atoms with Crippen molar-refractivity contribution in [3.05, 3.63) is 91.8 Å². The van der Waals surface area contributed by atoms with Crippen LogP contribution in [0.3, 0.4) is 0 Å². The Hall–Kier alpha value is -2.91. The first-order valence-corrected chi connectivity index (χ1v) is 13.1. The summed E-state index contributed by atoms with van der Waals surface area (Å²) < 4.78 is 24.5. The van der Waals surface area contributed by atoms with Crippen LogP contribution in [0.5, 0.6) is 0 Å². The van der Waals surface area contributed by atoms with Gasteiger partial charge in [0, 0.05) is 0 Å². The normalized spacial score (nSPS) is 19.4. The van der Waals surface area contributed by atoms with E-state index in [4.69, 9.17) is 9.72 Å². The van der Waals surface area contributed by atoms with E-state index in [1.165, 1.54) is 13.1 Å². The minimum absolute atomic E-state index is 0.0356. The molecule has 0 saturated heterocycles. The number of benzene rings is 1. The maximum atomic E-state index is 14.8. The van der Waals surface area contributed by atoms with Gasteiger partial charge in [-0.2, -0.15) is 0 Å². The molecule has 2 aliphatic heterocycles. The third-order valence-electron chi connectivity index (χ3n) is 5.59. The van der Waals surface area contributed by atoms with E-state index in [2.05, 4.69) is 24.5 Å². The molecular formula is C26H22FIN3O2-. The summed E-state index contributed by atoms with van der Waals surface area (Å²) in [5.41, 5.74) is 2.66. The van der Waals surface area contributed by atoms with Gasteiger partial charge in [0.15, 0.2) is 0 Å². The van der Waals surface area contributed by atoms with Crippen LogP contribution in [0.25, 0.3) is 21.4 Å². The molecule has 0 aliphatic carbocycles. The summed E-state index contributed by atoms with van der Waals surface area (Å²) in [4.78, 5) is 21.9. The van der Waals surface area contributed by atoms with Gasteiger partial charge < -0.3 is 0 Å². The molecule has 0 bridgehead atoms. The molecule has 2 aromatic heterocycles. The van der Waals surface area contributed by atoms with Crippen LogP contribution < -0.4 is 37.1 Å².